The van der Waals surface area contributed by atoms with Gasteiger partial charge in [0.25, 0.3) is 11.8 Å². The lowest BCUT2D eigenvalue weighted by Crippen LogP contribution is -2.37. The third-order valence-corrected chi connectivity index (χ3v) is 4.48. The number of fused-ring (bicyclic) bond motifs is 1. The second kappa shape index (κ2) is 7.86. The lowest BCUT2D eigenvalue weighted by molar-refractivity contribution is -0.136. The van der Waals surface area contributed by atoms with Gasteiger partial charge < -0.3 is 14.3 Å². The first-order valence-corrected chi connectivity index (χ1v) is 9.11. The molecule has 0 radical (unpaired) electrons. The predicted octanol–water partition coefficient (Wildman–Crippen LogP) is 2.47. The Hall–Kier alpha value is -3.49. The number of oxazole rings is 1. The molecule has 9 nitrogen and oxygen atoms in total. The highest BCUT2D eigenvalue weighted by Crippen LogP contribution is 2.36. The number of ether oxygens (including phenoxy) is 1. The van der Waals surface area contributed by atoms with Crippen molar-refractivity contribution < 1.29 is 33.4 Å². The highest BCUT2D eigenvalue weighted by Gasteiger charge is 2.44. The van der Waals surface area contributed by atoms with Crippen molar-refractivity contribution in [1.29, 1.82) is 0 Å². The van der Waals surface area contributed by atoms with Crippen LogP contribution >= 0.6 is 0 Å². The number of rotatable bonds is 7. The molecule has 0 saturated carbocycles. The number of carboxylic acids is 1. The average Bonchev–Trinajstić information content (AvgIpc) is 3.17. The van der Waals surface area contributed by atoms with E-state index < -0.39 is 36.2 Å². The fourth-order valence-corrected chi connectivity index (χ4v) is 3.27. The first-order valence-electron chi connectivity index (χ1n) is 9.11. The first kappa shape index (κ1) is 20.2. The van der Waals surface area contributed by atoms with E-state index in [0.717, 1.165) is 4.90 Å². The molecular formula is C20H20N2O7. The van der Waals surface area contributed by atoms with E-state index in [2.05, 4.69) is 4.98 Å². The molecule has 1 N–H and O–H groups in total. The van der Waals surface area contributed by atoms with Crippen LogP contribution in [0.15, 0.2) is 28.7 Å². The number of esters is 1. The number of carboxylic acid groups (broad SMARTS) is 1. The van der Waals surface area contributed by atoms with Gasteiger partial charge in [0, 0.05) is 0 Å². The van der Waals surface area contributed by atoms with Crippen LogP contribution in [0.5, 0.6) is 0 Å². The Bertz CT molecular complexity index is 957. The van der Waals surface area contributed by atoms with E-state index in [9.17, 15) is 19.2 Å². The molecule has 1 aromatic carbocycles. The number of amides is 2. The molecule has 0 aliphatic carbocycles. The van der Waals surface area contributed by atoms with Crippen molar-refractivity contribution in [3.8, 4) is 0 Å². The Kier molecular flexibility index (Phi) is 5.49. The molecule has 152 valence electrons. The van der Waals surface area contributed by atoms with Gasteiger partial charge in [0.2, 0.25) is 5.89 Å². The monoisotopic (exact) mass is 400 g/mol. The number of carbonyl (C=O) groups excluding carboxylic acids is 3. The van der Waals surface area contributed by atoms with Gasteiger partial charge in [0.05, 0.1) is 17.7 Å². The van der Waals surface area contributed by atoms with Gasteiger partial charge in [-0.25, -0.2) is 9.78 Å². The van der Waals surface area contributed by atoms with Crippen LogP contribution < -0.4 is 0 Å². The molecule has 1 aromatic heterocycles. The second-order valence-electron chi connectivity index (χ2n) is 6.83. The Labute approximate surface area is 166 Å². The minimum absolute atomic E-state index is 0.0690. The van der Waals surface area contributed by atoms with Crippen LogP contribution in [-0.2, 0) is 16.0 Å². The molecule has 1 aliphatic rings. The average molecular weight is 400 g/mol. The number of nitrogens with zero attached hydrogens (tertiary/aromatic N) is 2. The molecule has 29 heavy (non-hydrogen) atoms. The van der Waals surface area contributed by atoms with Gasteiger partial charge in [0.15, 0.2) is 11.5 Å². The summed E-state index contributed by atoms with van der Waals surface area (Å²) in [6, 6.07) is 5.52. The van der Waals surface area contributed by atoms with Crippen molar-refractivity contribution in [3.63, 3.8) is 0 Å². The number of carbonyl (C=O) groups is 4. The third kappa shape index (κ3) is 3.63. The SMILES string of the molecule is CCOC(=O)c1nc([C@H](C(C)C)N2C(=O)c3ccccc3C2=O)oc1CC(=O)O. The Morgan fingerprint density at radius 2 is 1.76 bits per heavy atom. The summed E-state index contributed by atoms with van der Waals surface area (Å²) >= 11 is 0. The van der Waals surface area contributed by atoms with Crippen molar-refractivity contribution in [2.75, 3.05) is 6.61 Å². The Morgan fingerprint density at radius 3 is 2.24 bits per heavy atom. The van der Waals surface area contributed by atoms with Crippen molar-refractivity contribution in [2.45, 2.75) is 33.2 Å². The van der Waals surface area contributed by atoms with Gasteiger partial charge in [0.1, 0.15) is 12.5 Å². The highest BCUT2D eigenvalue weighted by molar-refractivity contribution is 6.21. The van der Waals surface area contributed by atoms with Gasteiger partial charge in [-0.15, -0.1) is 0 Å². The lowest BCUT2D eigenvalue weighted by Gasteiger charge is -2.26. The molecule has 1 atom stereocenters. The fraction of sp³-hybridized carbons (Fsp3) is 0.350. The van der Waals surface area contributed by atoms with E-state index in [4.69, 9.17) is 14.3 Å². The van der Waals surface area contributed by atoms with Crippen molar-refractivity contribution in [1.82, 2.24) is 9.88 Å². The number of aliphatic carboxylic acids is 1. The maximum atomic E-state index is 12.9. The standard InChI is InChI=1S/C20H20N2O7/c1-4-28-20(27)15-13(9-14(23)24)29-17(21-15)16(10(2)3)22-18(25)11-7-5-6-8-12(11)19(22)26/h5-8,10,16H,4,9H2,1-3H3,(H,23,24)/t16-/m0/s1. The smallest absolute Gasteiger partial charge is 0.360 e. The fourth-order valence-electron chi connectivity index (χ4n) is 3.27. The van der Waals surface area contributed by atoms with Gasteiger partial charge in [-0.2, -0.15) is 0 Å². The number of benzene rings is 1. The van der Waals surface area contributed by atoms with Gasteiger partial charge in [-0.1, -0.05) is 26.0 Å². The van der Waals surface area contributed by atoms with Crippen LogP contribution in [-0.4, -0.2) is 45.4 Å². The van der Waals surface area contributed by atoms with E-state index >= 15 is 0 Å². The maximum Gasteiger partial charge on any atom is 0.360 e. The van der Waals surface area contributed by atoms with E-state index in [1.54, 1.807) is 45.0 Å². The number of hydrogen-bond acceptors (Lipinski definition) is 7. The van der Waals surface area contributed by atoms with Gasteiger partial charge >= 0.3 is 11.9 Å². The molecule has 9 heteroatoms. The largest absolute Gasteiger partial charge is 0.481 e. The molecule has 0 saturated heterocycles. The third-order valence-electron chi connectivity index (χ3n) is 4.48. The van der Waals surface area contributed by atoms with Crippen LogP contribution in [0.1, 0.15) is 69.7 Å². The lowest BCUT2D eigenvalue weighted by atomic mass is 10.0. The zero-order chi connectivity index (χ0) is 21.3. The maximum absolute atomic E-state index is 12.9. The molecule has 2 amide bonds. The van der Waals surface area contributed by atoms with Crippen LogP contribution in [0.4, 0.5) is 0 Å². The Balaban J connectivity index is 2.07. The van der Waals surface area contributed by atoms with Crippen molar-refractivity contribution in [2.24, 2.45) is 5.92 Å². The van der Waals surface area contributed by atoms with Crippen LogP contribution in [0.3, 0.4) is 0 Å². The summed E-state index contributed by atoms with van der Waals surface area (Å²) in [4.78, 5) is 54.3. The normalized spacial score (nSPS) is 14.3. The van der Waals surface area contributed by atoms with E-state index in [1.165, 1.54) is 0 Å². The zero-order valence-corrected chi connectivity index (χ0v) is 16.2. The summed E-state index contributed by atoms with van der Waals surface area (Å²) < 4.78 is 10.5. The zero-order valence-electron chi connectivity index (χ0n) is 16.2. The molecule has 3 rings (SSSR count). The topological polar surface area (TPSA) is 127 Å². The summed E-state index contributed by atoms with van der Waals surface area (Å²) in [5, 5.41) is 9.12. The summed E-state index contributed by atoms with van der Waals surface area (Å²) in [7, 11) is 0. The van der Waals surface area contributed by atoms with Crippen molar-refractivity contribution in [3.05, 3.63) is 52.7 Å². The molecular weight excluding hydrogens is 380 g/mol. The summed E-state index contributed by atoms with van der Waals surface area (Å²) in [5.74, 6) is -3.64. The van der Waals surface area contributed by atoms with Gasteiger partial charge in [-0.05, 0) is 25.0 Å². The van der Waals surface area contributed by atoms with Crippen molar-refractivity contribution >= 4 is 23.8 Å². The minimum Gasteiger partial charge on any atom is -0.481 e. The minimum atomic E-state index is -1.22. The summed E-state index contributed by atoms with van der Waals surface area (Å²) in [5.41, 5.74) is 0.267. The summed E-state index contributed by atoms with van der Waals surface area (Å²) in [6.07, 6.45) is -0.589. The summed E-state index contributed by atoms with van der Waals surface area (Å²) in [6.45, 7) is 5.20. The Morgan fingerprint density at radius 1 is 1.17 bits per heavy atom. The second-order valence-corrected chi connectivity index (χ2v) is 6.83. The predicted molar refractivity (Wildman–Crippen MR) is 98.3 cm³/mol. The van der Waals surface area contributed by atoms with Crippen LogP contribution in [0.2, 0.25) is 0 Å². The van der Waals surface area contributed by atoms with E-state index in [1.807, 2.05) is 0 Å². The van der Waals surface area contributed by atoms with Gasteiger partial charge in [-0.3, -0.25) is 19.3 Å². The molecule has 0 fully saturated rings. The molecule has 0 bridgehead atoms. The molecule has 2 heterocycles. The molecule has 1 aliphatic heterocycles. The molecule has 0 unspecified atom stereocenters. The number of aromatic nitrogens is 1. The van der Waals surface area contributed by atoms with Crippen LogP contribution in [0, 0.1) is 5.92 Å². The highest BCUT2D eigenvalue weighted by atomic mass is 16.5. The molecule has 2 aromatic rings. The number of hydrogen-bond donors (Lipinski definition) is 1. The first-order chi connectivity index (χ1) is 13.8. The van der Waals surface area contributed by atoms with Crippen LogP contribution in [0.25, 0.3) is 0 Å². The number of imide groups is 1. The quantitative estimate of drug-likeness (QED) is 0.555. The van der Waals surface area contributed by atoms with E-state index in [-0.39, 0.29) is 41.0 Å². The van der Waals surface area contributed by atoms with E-state index in [0.29, 0.717) is 0 Å². The molecule has 0 spiro atoms.